The van der Waals surface area contributed by atoms with Gasteiger partial charge in [-0.05, 0) is 30.4 Å². The topological polar surface area (TPSA) is 18.8 Å². The van der Waals surface area contributed by atoms with Gasteiger partial charge in [-0.2, -0.15) is 0 Å². The number of rotatable bonds is 4. The quantitative estimate of drug-likeness (QED) is 0.442. The minimum Gasteiger partial charge on any atom is -0.376 e. The number of benzene rings is 1. The molecule has 0 unspecified atom stereocenters. The fourth-order valence-corrected chi connectivity index (χ4v) is 6.16. The lowest BCUT2D eigenvalue weighted by Gasteiger charge is -2.45. The van der Waals surface area contributed by atoms with E-state index >= 15 is 0 Å². The lowest BCUT2D eigenvalue weighted by molar-refractivity contribution is 0.194. The van der Waals surface area contributed by atoms with Crippen LogP contribution in [0.1, 0.15) is 32.1 Å². The van der Waals surface area contributed by atoms with Gasteiger partial charge >= 0.3 is 0 Å². The number of para-hydroxylation sites is 2. The summed E-state index contributed by atoms with van der Waals surface area (Å²) in [6.07, 6.45) is 8.61. The summed E-state index contributed by atoms with van der Waals surface area (Å²) in [7, 11) is 4.12. The molecule has 1 spiro atoms. The molecule has 6 heteroatoms. The first-order valence-electron chi connectivity index (χ1n) is 9.58. The molecule has 0 atom stereocenters. The van der Waals surface area contributed by atoms with Gasteiger partial charge in [0.25, 0.3) is 0 Å². The average Bonchev–Trinajstić information content (AvgIpc) is 2.68. The number of thiocarbonyl (C=S) groups is 1. The van der Waals surface area contributed by atoms with Crippen LogP contribution in [0, 0.1) is 5.41 Å². The van der Waals surface area contributed by atoms with Gasteiger partial charge in [0.2, 0.25) is 0 Å². The van der Waals surface area contributed by atoms with Crippen molar-refractivity contribution in [2.24, 2.45) is 10.4 Å². The van der Waals surface area contributed by atoms with E-state index in [1.54, 1.807) is 11.8 Å². The number of amidine groups is 1. The molecule has 1 saturated carbocycles. The second-order valence-corrected chi connectivity index (χ2v) is 10.2. The van der Waals surface area contributed by atoms with Crippen LogP contribution in [0.2, 0.25) is 0 Å². The first-order valence-corrected chi connectivity index (χ1v) is 12.0. The largest absolute Gasteiger partial charge is 0.376 e. The molecule has 0 bridgehead atoms. The van der Waals surface area contributed by atoms with Gasteiger partial charge in [-0.15, -0.1) is 6.58 Å². The zero-order valence-corrected chi connectivity index (χ0v) is 18.8. The molecule has 27 heavy (non-hydrogen) atoms. The van der Waals surface area contributed by atoms with E-state index in [9.17, 15) is 0 Å². The summed E-state index contributed by atoms with van der Waals surface area (Å²) in [4.78, 5) is 9.48. The number of nitrogens with zero attached hydrogens (tertiary/aromatic N) is 3. The molecule has 0 N–H and O–H groups in total. The maximum Gasteiger partial charge on any atom is 0.170 e. The van der Waals surface area contributed by atoms with Crippen molar-refractivity contribution in [3.05, 3.63) is 36.9 Å². The molecule has 146 valence electrons. The second-order valence-electron chi connectivity index (χ2n) is 7.58. The van der Waals surface area contributed by atoms with Crippen molar-refractivity contribution in [3.63, 3.8) is 0 Å². The summed E-state index contributed by atoms with van der Waals surface area (Å²) >= 11 is 9.38. The van der Waals surface area contributed by atoms with Crippen molar-refractivity contribution in [3.8, 4) is 0 Å². The Morgan fingerprint density at radius 2 is 2.07 bits per heavy atom. The first-order chi connectivity index (χ1) is 13.0. The average molecular weight is 420 g/mol. The molecule has 1 aliphatic carbocycles. The molecule has 2 aliphatic rings. The number of anilines is 1. The van der Waals surface area contributed by atoms with E-state index in [1.807, 2.05) is 17.8 Å². The Labute approximate surface area is 177 Å². The Balaban J connectivity index is 1.90. The van der Waals surface area contributed by atoms with Gasteiger partial charge in [0.15, 0.2) is 5.17 Å². The standard InChI is InChI=1S/C21H29N3S3/c1-4-14-26-20(25)24-15-21(12-8-5-9-13-21)16-27-19(24)22-17-10-6-7-11-18(17)23(2)3/h4,6-7,10-11H,1,5,8-9,12-16H2,2-3H3. The Morgan fingerprint density at radius 3 is 2.78 bits per heavy atom. The van der Waals surface area contributed by atoms with Crippen molar-refractivity contribution < 1.29 is 0 Å². The Morgan fingerprint density at radius 1 is 1.33 bits per heavy atom. The molecule has 1 saturated heterocycles. The summed E-state index contributed by atoms with van der Waals surface area (Å²) in [5, 5.41) is 1.04. The zero-order valence-electron chi connectivity index (χ0n) is 16.3. The Kier molecular flexibility index (Phi) is 7.29. The van der Waals surface area contributed by atoms with Gasteiger partial charge in [-0.1, -0.05) is 73.2 Å². The van der Waals surface area contributed by atoms with Crippen LogP contribution in [-0.2, 0) is 0 Å². The lowest BCUT2D eigenvalue weighted by atomic mass is 9.75. The normalized spacial score (nSPS) is 20.7. The minimum atomic E-state index is 0.391. The van der Waals surface area contributed by atoms with E-state index < -0.39 is 0 Å². The van der Waals surface area contributed by atoms with Crippen molar-refractivity contribution in [2.75, 3.05) is 37.0 Å². The van der Waals surface area contributed by atoms with Crippen LogP contribution in [0.25, 0.3) is 0 Å². The first kappa shape index (κ1) is 20.7. The van der Waals surface area contributed by atoms with E-state index in [2.05, 4.69) is 54.7 Å². The fraction of sp³-hybridized carbons (Fsp3) is 0.524. The van der Waals surface area contributed by atoms with Crippen LogP contribution in [0.5, 0.6) is 0 Å². The van der Waals surface area contributed by atoms with E-state index in [1.165, 1.54) is 32.1 Å². The van der Waals surface area contributed by atoms with E-state index in [0.29, 0.717) is 5.41 Å². The maximum absolute atomic E-state index is 5.81. The highest BCUT2D eigenvalue weighted by molar-refractivity contribution is 8.23. The molecule has 1 aliphatic heterocycles. The Hall–Kier alpha value is -0.980. The van der Waals surface area contributed by atoms with Gasteiger partial charge < -0.3 is 9.80 Å². The number of hydrogen-bond donors (Lipinski definition) is 0. The third kappa shape index (κ3) is 5.09. The van der Waals surface area contributed by atoms with E-state index in [-0.39, 0.29) is 0 Å². The second kappa shape index (κ2) is 9.48. The third-order valence-electron chi connectivity index (χ3n) is 5.27. The summed E-state index contributed by atoms with van der Waals surface area (Å²) in [6.45, 7) is 4.84. The Bertz CT molecular complexity index is 708. The highest BCUT2D eigenvalue weighted by Gasteiger charge is 2.40. The summed E-state index contributed by atoms with van der Waals surface area (Å²) < 4.78 is 0.924. The minimum absolute atomic E-state index is 0.391. The number of hydrogen-bond acceptors (Lipinski definition) is 5. The highest BCUT2D eigenvalue weighted by atomic mass is 32.2. The maximum atomic E-state index is 5.81. The molecule has 1 heterocycles. The van der Waals surface area contributed by atoms with Gasteiger partial charge in [-0.3, -0.25) is 0 Å². The molecule has 1 aromatic rings. The number of thioether (sulfide) groups is 2. The van der Waals surface area contributed by atoms with Crippen molar-refractivity contribution in [2.45, 2.75) is 32.1 Å². The van der Waals surface area contributed by atoms with Crippen LogP contribution in [-0.4, -0.2) is 46.5 Å². The van der Waals surface area contributed by atoms with Gasteiger partial charge in [0.05, 0.1) is 11.4 Å². The van der Waals surface area contributed by atoms with Gasteiger partial charge in [0.1, 0.15) is 4.32 Å². The molecule has 3 nitrogen and oxygen atoms in total. The van der Waals surface area contributed by atoms with E-state index in [4.69, 9.17) is 17.2 Å². The van der Waals surface area contributed by atoms with E-state index in [0.717, 1.165) is 38.9 Å². The fourth-order valence-electron chi connectivity index (χ4n) is 3.83. The van der Waals surface area contributed by atoms with Crippen LogP contribution in [0.3, 0.4) is 0 Å². The van der Waals surface area contributed by atoms with Crippen LogP contribution in [0.4, 0.5) is 11.4 Å². The highest BCUT2D eigenvalue weighted by Crippen LogP contribution is 2.45. The summed E-state index contributed by atoms with van der Waals surface area (Å²) in [5.41, 5.74) is 2.53. The van der Waals surface area contributed by atoms with Crippen LogP contribution < -0.4 is 4.90 Å². The zero-order chi connectivity index (χ0) is 19.3. The van der Waals surface area contributed by atoms with Crippen molar-refractivity contribution in [1.29, 1.82) is 0 Å². The lowest BCUT2D eigenvalue weighted by Crippen LogP contribution is -2.49. The molecule has 3 rings (SSSR count). The van der Waals surface area contributed by atoms with Crippen molar-refractivity contribution in [1.82, 2.24) is 4.90 Å². The molecular weight excluding hydrogens is 390 g/mol. The van der Waals surface area contributed by atoms with Crippen molar-refractivity contribution >= 4 is 56.6 Å². The number of aliphatic imine (C=N–C) groups is 1. The monoisotopic (exact) mass is 419 g/mol. The predicted molar refractivity (Wildman–Crippen MR) is 128 cm³/mol. The molecule has 0 radical (unpaired) electrons. The van der Waals surface area contributed by atoms with Gasteiger partial charge in [-0.25, -0.2) is 4.99 Å². The van der Waals surface area contributed by atoms with Gasteiger partial charge in [0, 0.05) is 32.1 Å². The molecule has 0 amide bonds. The summed E-state index contributed by atoms with van der Waals surface area (Å²) in [5.74, 6) is 2.00. The summed E-state index contributed by atoms with van der Waals surface area (Å²) in [6, 6.07) is 8.32. The molecule has 0 aromatic heterocycles. The van der Waals surface area contributed by atoms with Crippen LogP contribution in [0.15, 0.2) is 41.9 Å². The SMILES string of the molecule is C=CCSC(=S)N1CC2(CCCCC2)CSC1=Nc1ccccc1N(C)C. The third-order valence-corrected chi connectivity index (χ3v) is 8.04. The van der Waals surface area contributed by atoms with Crippen LogP contribution >= 0.6 is 35.7 Å². The molecule has 1 aromatic carbocycles. The molecular formula is C21H29N3S3. The smallest absolute Gasteiger partial charge is 0.170 e. The molecule has 2 fully saturated rings. The predicted octanol–water partition coefficient (Wildman–Crippen LogP) is 5.94.